The highest BCUT2D eigenvalue weighted by Crippen LogP contribution is 2.24. The third kappa shape index (κ3) is 2.18. The van der Waals surface area contributed by atoms with Gasteiger partial charge in [0.15, 0.2) is 0 Å². The number of rotatable bonds is 3. The first-order valence-corrected chi connectivity index (χ1v) is 5.30. The molecule has 15 heavy (non-hydrogen) atoms. The second-order valence-electron chi connectivity index (χ2n) is 4.00. The van der Waals surface area contributed by atoms with Crippen molar-refractivity contribution in [3.05, 3.63) is 29.8 Å². The van der Waals surface area contributed by atoms with Crippen LogP contribution in [0.5, 0.6) is 0 Å². The zero-order valence-electron chi connectivity index (χ0n) is 8.94. The van der Waals surface area contributed by atoms with Gasteiger partial charge in [0.25, 0.3) is 0 Å². The molecule has 3 nitrogen and oxygen atoms in total. The molecule has 2 rings (SSSR count). The molecular formula is C12H16N2O. The Morgan fingerprint density at radius 2 is 2.13 bits per heavy atom. The molecule has 1 saturated heterocycles. The quantitative estimate of drug-likeness (QED) is 0.754. The van der Waals surface area contributed by atoms with Crippen molar-refractivity contribution >= 4 is 12.1 Å². The molecule has 0 saturated carbocycles. The lowest BCUT2D eigenvalue weighted by molar-refractivity contribution is -0.107. The summed E-state index contributed by atoms with van der Waals surface area (Å²) in [5, 5.41) is 3.35. The fourth-order valence-corrected chi connectivity index (χ4v) is 1.98. The molecule has 1 N–H and O–H groups in total. The SMILES string of the molecule is CN(C=O)c1ccc(C2CCNC2)cc1. The van der Waals surface area contributed by atoms with Gasteiger partial charge in [0.05, 0.1) is 0 Å². The fraction of sp³-hybridized carbons (Fsp3) is 0.417. The first-order chi connectivity index (χ1) is 7.31. The summed E-state index contributed by atoms with van der Waals surface area (Å²) in [6, 6.07) is 8.24. The highest BCUT2D eigenvalue weighted by Gasteiger charge is 2.16. The summed E-state index contributed by atoms with van der Waals surface area (Å²) < 4.78 is 0. The maximum Gasteiger partial charge on any atom is 0.213 e. The van der Waals surface area contributed by atoms with Crippen molar-refractivity contribution in [2.45, 2.75) is 12.3 Å². The number of benzene rings is 1. The van der Waals surface area contributed by atoms with E-state index in [1.54, 1.807) is 11.9 Å². The van der Waals surface area contributed by atoms with E-state index in [0.29, 0.717) is 5.92 Å². The van der Waals surface area contributed by atoms with Crippen LogP contribution in [0.2, 0.25) is 0 Å². The molecule has 80 valence electrons. The summed E-state index contributed by atoms with van der Waals surface area (Å²) >= 11 is 0. The minimum Gasteiger partial charge on any atom is -0.318 e. The highest BCUT2D eigenvalue weighted by atomic mass is 16.1. The maximum atomic E-state index is 10.6. The average Bonchev–Trinajstić information content (AvgIpc) is 2.82. The van der Waals surface area contributed by atoms with Gasteiger partial charge in [0.1, 0.15) is 0 Å². The van der Waals surface area contributed by atoms with Gasteiger partial charge in [-0.05, 0) is 36.6 Å². The molecule has 3 heteroatoms. The third-order valence-corrected chi connectivity index (χ3v) is 2.99. The molecule has 0 spiro atoms. The molecule has 0 aromatic heterocycles. The molecule has 0 radical (unpaired) electrons. The van der Waals surface area contributed by atoms with Gasteiger partial charge in [0, 0.05) is 19.3 Å². The van der Waals surface area contributed by atoms with E-state index in [1.165, 1.54) is 12.0 Å². The van der Waals surface area contributed by atoms with Gasteiger partial charge in [-0.1, -0.05) is 12.1 Å². The molecular weight excluding hydrogens is 188 g/mol. The molecule has 0 aliphatic carbocycles. The standard InChI is InChI=1S/C12H16N2O/c1-14(9-15)12-4-2-10(3-5-12)11-6-7-13-8-11/h2-5,9,11,13H,6-8H2,1H3. The third-order valence-electron chi connectivity index (χ3n) is 2.99. The number of hydrogen-bond donors (Lipinski definition) is 1. The molecule has 1 amide bonds. The summed E-state index contributed by atoms with van der Waals surface area (Å²) in [6.45, 7) is 2.18. The number of anilines is 1. The number of carbonyl (C=O) groups excluding carboxylic acids is 1. The van der Waals surface area contributed by atoms with Crippen LogP contribution in [0, 0.1) is 0 Å². The first kappa shape index (κ1) is 10.2. The molecule has 1 aliphatic heterocycles. The number of nitrogens with one attached hydrogen (secondary N) is 1. The lowest BCUT2D eigenvalue weighted by Crippen LogP contribution is -2.13. The van der Waals surface area contributed by atoms with Gasteiger partial charge in [0.2, 0.25) is 6.41 Å². The summed E-state index contributed by atoms with van der Waals surface area (Å²) in [5.74, 6) is 0.639. The van der Waals surface area contributed by atoms with E-state index < -0.39 is 0 Å². The molecule has 1 atom stereocenters. The second-order valence-corrected chi connectivity index (χ2v) is 4.00. The predicted molar refractivity (Wildman–Crippen MR) is 61.1 cm³/mol. The topological polar surface area (TPSA) is 32.3 Å². The Morgan fingerprint density at radius 1 is 1.40 bits per heavy atom. The number of carbonyl (C=O) groups is 1. The fourth-order valence-electron chi connectivity index (χ4n) is 1.98. The molecule has 1 aromatic carbocycles. The minimum absolute atomic E-state index is 0.639. The zero-order valence-corrected chi connectivity index (χ0v) is 8.94. The van der Waals surface area contributed by atoms with E-state index in [9.17, 15) is 4.79 Å². The van der Waals surface area contributed by atoms with Gasteiger partial charge < -0.3 is 10.2 Å². The van der Waals surface area contributed by atoms with Crippen molar-refractivity contribution in [3.8, 4) is 0 Å². The van der Waals surface area contributed by atoms with Crippen molar-refractivity contribution in [2.24, 2.45) is 0 Å². The van der Waals surface area contributed by atoms with Crippen LogP contribution in [-0.4, -0.2) is 26.5 Å². The molecule has 1 heterocycles. The van der Waals surface area contributed by atoms with Crippen molar-refractivity contribution in [3.63, 3.8) is 0 Å². The lowest BCUT2D eigenvalue weighted by atomic mass is 9.98. The van der Waals surface area contributed by atoms with Crippen molar-refractivity contribution < 1.29 is 4.79 Å². The summed E-state index contributed by atoms with van der Waals surface area (Å²) in [4.78, 5) is 12.1. The summed E-state index contributed by atoms with van der Waals surface area (Å²) in [6.07, 6.45) is 2.04. The molecule has 0 bridgehead atoms. The highest BCUT2D eigenvalue weighted by molar-refractivity contribution is 5.74. The van der Waals surface area contributed by atoms with E-state index in [0.717, 1.165) is 25.2 Å². The van der Waals surface area contributed by atoms with Crippen LogP contribution in [0.4, 0.5) is 5.69 Å². The average molecular weight is 204 g/mol. The van der Waals surface area contributed by atoms with Crippen LogP contribution in [0.1, 0.15) is 17.9 Å². The first-order valence-electron chi connectivity index (χ1n) is 5.30. The number of amides is 1. The Hall–Kier alpha value is -1.35. The Balaban J connectivity index is 2.12. The monoisotopic (exact) mass is 204 g/mol. The van der Waals surface area contributed by atoms with E-state index >= 15 is 0 Å². The van der Waals surface area contributed by atoms with E-state index in [2.05, 4.69) is 17.4 Å². The van der Waals surface area contributed by atoms with Gasteiger partial charge in [-0.25, -0.2) is 0 Å². The Bertz CT molecular complexity index is 328. The van der Waals surface area contributed by atoms with Crippen LogP contribution in [-0.2, 0) is 4.79 Å². The lowest BCUT2D eigenvalue weighted by Gasteiger charge is -2.13. The van der Waals surface area contributed by atoms with Crippen molar-refractivity contribution in [1.29, 1.82) is 0 Å². The number of nitrogens with zero attached hydrogens (tertiary/aromatic N) is 1. The molecule has 1 aliphatic rings. The van der Waals surface area contributed by atoms with Crippen LogP contribution >= 0.6 is 0 Å². The van der Waals surface area contributed by atoms with Gasteiger partial charge in [-0.15, -0.1) is 0 Å². The van der Waals surface area contributed by atoms with Crippen LogP contribution in [0.25, 0.3) is 0 Å². The Kier molecular flexibility index (Phi) is 3.02. The minimum atomic E-state index is 0.639. The Labute approximate surface area is 90.1 Å². The van der Waals surface area contributed by atoms with Gasteiger partial charge >= 0.3 is 0 Å². The normalized spacial score (nSPS) is 20.2. The van der Waals surface area contributed by atoms with Crippen molar-refractivity contribution in [1.82, 2.24) is 5.32 Å². The van der Waals surface area contributed by atoms with E-state index in [4.69, 9.17) is 0 Å². The maximum absolute atomic E-state index is 10.6. The Morgan fingerprint density at radius 3 is 2.67 bits per heavy atom. The van der Waals surface area contributed by atoms with E-state index in [1.807, 2.05) is 12.1 Å². The van der Waals surface area contributed by atoms with Crippen LogP contribution in [0.3, 0.4) is 0 Å². The number of hydrogen-bond acceptors (Lipinski definition) is 2. The van der Waals surface area contributed by atoms with Gasteiger partial charge in [-0.2, -0.15) is 0 Å². The summed E-state index contributed by atoms with van der Waals surface area (Å²) in [7, 11) is 1.76. The van der Waals surface area contributed by atoms with E-state index in [-0.39, 0.29) is 0 Å². The second kappa shape index (κ2) is 4.45. The van der Waals surface area contributed by atoms with Crippen molar-refractivity contribution in [2.75, 3.05) is 25.0 Å². The molecule has 1 unspecified atom stereocenters. The van der Waals surface area contributed by atoms with Crippen LogP contribution in [0.15, 0.2) is 24.3 Å². The van der Waals surface area contributed by atoms with Crippen LogP contribution < -0.4 is 10.2 Å². The largest absolute Gasteiger partial charge is 0.318 e. The zero-order chi connectivity index (χ0) is 10.7. The smallest absolute Gasteiger partial charge is 0.213 e. The van der Waals surface area contributed by atoms with Gasteiger partial charge in [-0.3, -0.25) is 4.79 Å². The predicted octanol–water partition coefficient (Wildman–Crippen LogP) is 1.36. The molecule has 1 aromatic rings. The molecule has 1 fully saturated rings. The summed E-state index contributed by atoms with van der Waals surface area (Å²) in [5.41, 5.74) is 2.31.